The van der Waals surface area contributed by atoms with Crippen molar-refractivity contribution in [3.05, 3.63) is 33.9 Å². The van der Waals surface area contributed by atoms with Crippen LogP contribution in [-0.2, 0) is 4.79 Å². The lowest BCUT2D eigenvalue weighted by Crippen LogP contribution is -2.06. The lowest BCUT2D eigenvalue weighted by molar-refractivity contribution is -0.385. The van der Waals surface area contributed by atoms with Crippen LogP contribution in [0.2, 0.25) is 0 Å². The van der Waals surface area contributed by atoms with Crippen molar-refractivity contribution in [2.45, 2.75) is 0 Å². The van der Waals surface area contributed by atoms with Crippen LogP contribution in [0.3, 0.4) is 0 Å². The number of primary amides is 1. The molecule has 6 nitrogen and oxygen atoms in total. The molecule has 1 aromatic rings. The Kier molecular flexibility index (Phi) is 3.45. The summed E-state index contributed by atoms with van der Waals surface area (Å²) in [5, 5.41) is 10.7. The minimum Gasteiger partial charge on any atom is -0.497 e. The molecule has 0 bridgehead atoms. The molecule has 6 heteroatoms. The lowest BCUT2D eigenvalue weighted by Gasteiger charge is -2.00. The van der Waals surface area contributed by atoms with E-state index in [-0.39, 0.29) is 11.3 Å². The van der Waals surface area contributed by atoms with Crippen molar-refractivity contribution in [2.24, 2.45) is 5.73 Å². The molecule has 0 saturated carbocycles. The van der Waals surface area contributed by atoms with Gasteiger partial charge in [0.2, 0.25) is 0 Å². The van der Waals surface area contributed by atoms with Crippen LogP contribution in [0.4, 0.5) is 5.69 Å². The molecule has 0 radical (unpaired) electrons. The smallest absolute Gasteiger partial charge is 0.293 e. The van der Waals surface area contributed by atoms with E-state index in [1.165, 1.54) is 25.3 Å². The summed E-state index contributed by atoms with van der Waals surface area (Å²) < 4.78 is 4.84. The van der Waals surface area contributed by atoms with Gasteiger partial charge in [-0.2, -0.15) is 0 Å². The van der Waals surface area contributed by atoms with Crippen LogP contribution >= 0.6 is 0 Å². The first kappa shape index (κ1) is 11.5. The van der Waals surface area contributed by atoms with Gasteiger partial charge in [-0.05, 0) is 18.1 Å². The second kappa shape index (κ2) is 4.79. The van der Waals surface area contributed by atoms with Gasteiger partial charge in [0.05, 0.1) is 18.1 Å². The van der Waals surface area contributed by atoms with Crippen molar-refractivity contribution < 1.29 is 14.5 Å². The number of hydrogen-bond donors (Lipinski definition) is 1. The minimum absolute atomic E-state index is 0.115. The maximum absolute atomic E-state index is 10.7. The molecule has 82 valence electrons. The summed E-state index contributed by atoms with van der Waals surface area (Å²) >= 11 is 0. The van der Waals surface area contributed by atoms with Crippen molar-refractivity contribution in [3.8, 4) is 17.6 Å². The van der Waals surface area contributed by atoms with E-state index in [4.69, 9.17) is 10.5 Å². The molecular weight excluding hydrogens is 212 g/mol. The highest BCUT2D eigenvalue weighted by Gasteiger charge is 2.13. The third-order valence-electron chi connectivity index (χ3n) is 1.72. The highest BCUT2D eigenvalue weighted by Crippen LogP contribution is 2.23. The zero-order chi connectivity index (χ0) is 12.1. The number of nitrogens with two attached hydrogens (primary N) is 1. The SMILES string of the molecule is COc1ccc(C#CC(N)=O)c([N+](=O)[O-])c1. The second-order valence-corrected chi connectivity index (χ2v) is 2.75. The number of benzene rings is 1. The van der Waals surface area contributed by atoms with Crippen LogP contribution in [-0.4, -0.2) is 17.9 Å². The van der Waals surface area contributed by atoms with Crippen LogP contribution in [0.5, 0.6) is 5.75 Å². The quantitative estimate of drug-likeness (QED) is 0.444. The Balaban J connectivity index is 3.25. The predicted octanol–water partition coefficient (Wildman–Crippen LogP) is 0.440. The maximum atomic E-state index is 10.7. The number of amides is 1. The molecule has 2 N–H and O–H groups in total. The number of rotatable bonds is 2. The molecule has 0 atom stereocenters. The first-order chi connectivity index (χ1) is 7.54. The lowest BCUT2D eigenvalue weighted by atomic mass is 10.2. The van der Waals surface area contributed by atoms with Crippen LogP contribution in [0.25, 0.3) is 0 Å². The van der Waals surface area contributed by atoms with Gasteiger partial charge in [0.1, 0.15) is 11.3 Å². The number of nitro groups is 1. The number of ether oxygens (including phenoxy) is 1. The average Bonchev–Trinajstić information content (AvgIpc) is 2.25. The number of nitro benzene ring substituents is 1. The molecule has 1 rings (SSSR count). The predicted molar refractivity (Wildman–Crippen MR) is 55.7 cm³/mol. The fraction of sp³-hybridized carbons (Fsp3) is 0.100. The molecule has 0 aromatic heterocycles. The van der Waals surface area contributed by atoms with Gasteiger partial charge in [0.25, 0.3) is 11.6 Å². The van der Waals surface area contributed by atoms with E-state index in [1.54, 1.807) is 0 Å². The average molecular weight is 220 g/mol. The van der Waals surface area contributed by atoms with Gasteiger partial charge in [-0.25, -0.2) is 0 Å². The van der Waals surface area contributed by atoms with Gasteiger partial charge in [-0.1, -0.05) is 0 Å². The first-order valence-corrected chi connectivity index (χ1v) is 4.18. The molecule has 0 fully saturated rings. The monoisotopic (exact) mass is 220 g/mol. The molecule has 0 aliphatic heterocycles. The van der Waals surface area contributed by atoms with Gasteiger partial charge in [0.15, 0.2) is 0 Å². The molecule has 1 aromatic carbocycles. The summed E-state index contributed by atoms with van der Waals surface area (Å²) in [6.45, 7) is 0. The maximum Gasteiger partial charge on any atom is 0.293 e. The fourth-order valence-corrected chi connectivity index (χ4v) is 1.02. The molecule has 0 spiro atoms. The molecule has 0 aliphatic rings. The van der Waals surface area contributed by atoms with Crippen molar-refractivity contribution in [1.29, 1.82) is 0 Å². The van der Waals surface area contributed by atoms with Crippen molar-refractivity contribution >= 4 is 11.6 Å². The Bertz CT molecular complexity index is 499. The largest absolute Gasteiger partial charge is 0.497 e. The zero-order valence-corrected chi connectivity index (χ0v) is 8.39. The van der Waals surface area contributed by atoms with Crippen molar-refractivity contribution in [3.63, 3.8) is 0 Å². The Morgan fingerprint density at radius 1 is 1.56 bits per heavy atom. The van der Waals surface area contributed by atoms with Crippen LogP contribution in [0, 0.1) is 22.0 Å². The minimum atomic E-state index is -0.842. The van der Waals surface area contributed by atoms with Crippen molar-refractivity contribution in [1.82, 2.24) is 0 Å². The Hall–Kier alpha value is -2.55. The van der Waals surface area contributed by atoms with Gasteiger partial charge >= 0.3 is 0 Å². The summed E-state index contributed by atoms with van der Waals surface area (Å²) in [7, 11) is 1.40. The third-order valence-corrected chi connectivity index (χ3v) is 1.72. The summed E-state index contributed by atoms with van der Waals surface area (Å²) in [4.78, 5) is 20.5. The molecule has 0 aliphatic carbocycles. The van der Waals surface area contributed by atoms with Crippen LogP contribution in [0.15, 0.2) is 18.2 Å². The molecule has 16 heavy (non-hydrogen) atoms. The standard InChI is InChI=1S/C10H8N2O4/c1-16-8-4-2-7(3-5-10(11)13)9(6-8)12(14)15/h2,4,6H,1H3,(H2,11,13). The van der Waals surface area contributed by atoms with Gasteiger partial charge in [0, 0.05) is 5.92 Å². The number of hydrogen-bond acceptors (Lipinski definition) is 4. The van der Waals surface area contributed by atoms with E-state index >= 15 is 0 Å². The van der Waals surface area contributed by atoms with Gasteiger partial charge in [-0.15, -0.1) is 0 Å². The Morgan fingerprint density at radius 2 is 2.25 bits per heavy atom. The van der Waals surface area contributed by atoms with E-state index in [9.17, 15) is 14.9 Å². The summed E-state index contributed by atoms with van der Waals surface area (Å²) in [5.41, 5.74) is 4.70. The molecular formula is C10H8N2O4. The Labute approximate surface area is 91.2 Å². The van der Waals surface area contributed by atoms with E-state index in [2.05, 4.69) is 5.92 Å². The second-order valence-electron chi connectivity index (χ2n) is 2.75. The molecule has 0 unspecified atom stereocenters. The van der Waals surface area contributed by atoms with E-state index in [1.807, 2.05) is 5.92 Å². The van der Waals surface area contributed by atoms with Crippen molar-refractivity contribution in [2.75, 3.05) is 7.11 Å². The van der Waals surface area contributed by atoms with E-state index < -0.39 is 10.8 Å². The molecule has 0 heterocycles. The van der Waals surface area contributed by atoms with Crippen LogP contribution < -0.4 is 10.5 Å². The number of methoxy groups -OCH3 is 1. The molecule has 1 amide bonds. The van der Waals surface area contributed by atoms with E-state index in [0.717, 1.165) is 0 Å². The summed E-state index contributed by atoms with van der Waals surface area (Å²) in [6.07, 6.45) is 0. The molecule has 0 saturated heterocycles. The highest BCUT2D eigenvalue weighted by molar-refractivity contribution is 5.92. The first-order valence-electron chi connectivity index (χ1n) is 4.18. The fourth-order valence-electron chi connectivity index (χ4n) is 1.02. The van der Waals surface area contributed by atoms with Crippen LogP contribution in [0.1, 0.15) is 5.56 Å². The zero-order valence-electron chi connectivity index (χ0n) is 8.39. The van der Waals surface area contributed by atoms with Gasteiger partial charge in [-0.3, -0.25) is 14.9 Å². The topological polar surface area (TPSA) is 95.5 Å². The van der Waals surface area contributed by atoms with Gasteiger partial charge < -0.3 is 10.5 Å². The number of nitrogens with zero attached hydrogens (tertiary/aromatic N) is 1. The summed E-state index contributed by atoms with van der Waals surface area (Å²) in [5.74, 6) is 3.86. The number of carbonyl (C=O) groups excluding carboxylic acids is 1. The third kappa shape index (κ3) is 2.72. The summed E-state index contributed by atoms with van der Waals surface area (Å²) in [6, 6.07) is 4.13. The normalized spacial score (nSPS) is 8.81. The highest BCUT2D eigenvalue weighted by atomic mass is 16.6. The van der Waals surface area contributed by atoms with E-state index in [0.29, 0.717) is 5.75 Å². The Morgan fingerprint density at radius 3 is 2.75 bits per heavy atom. The number of carbonyl (C=O) groups is 1.